The third kappa shape index (κ3) is 3.19. The molecule has 4 nitrogen and oxygen atoms in total. The van der Waals surface area contributed by atoms with Crippen LogP contribution in [0.25, 0.3) is 0 Å². The molecule has 2 rings (SSSR count). The predicted octanol–water partition coefficient (Wildman–Crippen LogP) is 0.727. The van der Waals surface area contributed by atoms with E-state index in [9.17, 15) is 4.79 Å². The highest BCUT2D eigenvalue weighted by Gasteiger charge is 2.30. The van der Waals surface area contributed by atoms with Crippen LogP contribution in [0.4, 0.5) is 0 Å². The largest absolute Gasteiger partial charge is 0.352 e. The van der Waals surface area contributed by atoms with Gasteiger partial charge < -0.3 is 10.6 Å². The summed E-state index contributed by atoms with van der Waals surface area (Å²) in [6.45, 7) is 1.06. The molecule has 4 heteroatoms. The van der Waals surface area contributed by atoms with Crippen molar-refractivity contribution in [2.24, 2.45) is 0 Å². The van der Waals surface area contributed by atoms with Crippen LogP contribution in [0.3, 0.4) is 0 Å². The molecular weight excluding hydrogens is 214 g/mol. The predicted molar refractivity (Wildman–Crippen MR) is 68.9 cm³/mol. The highest BCUT2D eigenvalue weighted by molar-refractivity contribution is 5.82. The maximum Gasteiger partial charge on any atom is 0.237 e. The number of amides is 1. The summed E-state index contributed by atoms with van der Waals surface area (Å²) in [5.41, 5.74) is 0. The molecule has 2 fully saturated rings. The van der Waals surface area contributed by atoms with Gasteiger partial charge >= 0.3 is 0 Å². The first-order chi connectivity index (χ1) is 8.20. The lowest BCUT2D eigenvalue weighted by Crippen LogP contribution is -2.50. The smallest absolute Gasteiger partial charge is 0.237 e. The second-order valence-electron chi connectivity index (χ2n) is 5.50. The maximum absolute atomic E-state index is 12.2. The van der Waals surface area contributed by atoms with Gasteiger partial charge in [-0.3, -0.25) is 9.69 Å². The van der Waals surface area contributed by atoms with Gasteiger partial charge in [-0.2, -0.15) is 0 Å². The molecule has 2 aliphatic rings. The van der Waals surface area contributed by atoms with Crippen LogP contribution in [0.1, 0.15) is 38.5 Å². The topological polar surface area (TPSA) is 44.4 Å². The number of piperidine rings is 1. The van der Waals surface area contributed by atoms with Crippen LogP contribution in [-0.2, 0) is 4.79 Å². The summed E-state index contributed by atoms with van der Waals surface area (Å²) in [6, 6.07) is 1.08. The number of carbonyl (C=O) groups excluding carboxylic acids is 1. The highest BCUT2D eigenvalue weighted by atomic mass is 16.2. The second-order valence-corrected chi connectivity index (χ2v) is 5.50. The van der Waals surface area contributed by atoms with Gasteiger partial charge in [-0.25, -0.2) is 0 Å². The first-order valence-electron chi connectivity index (χ1n) is 6.88. The van der Waals surface area contributed by atoms with Crippen molar-refractivity contribution in [3.8, 4) is 0 Å². The Labute approximate surface area is 104 Å². The van der Waals surface area contributed by atoms with E-state index < -0.39 is 0 Å². The normalized spacial score (nSPS) is 34.8. The quantitative estimate of drug-likeness (QED) is 0.763. The minimum absolute atomic E-state index is 0.109. The van der Waals surface area contributed by atoms with E-state index in [0.717, 1.165) is 25.8 Å². The van der Waals surface area contributed by atoms with Gasteiger partial charge in [0.25, 0.3) is 0 Å². The molecular formula is C13H25N3O. The average Bonchev–Trinajstić information content (AvgIpc) is 2.77. The molecule has 17 heavy (non-hydrogen) atoms. The molecule has 1 saturated carbocycles. The van der Waals surface area contributed by atoms with Gasteiger partial charge in [-0.05, 0) is 52.7 Å². The van der Waals surface area contributed by atoms with Crippen molar-refractivity contribution in [1.82, 2.24) is 15.5 Å². The van der Waals surface area contributed by atoms with E-state index in [0.29, 0.717) is 12.1 Å². The number of carbonyl (C=O) groups is 1. The Kier molecular flexibility index (Phi) is 4.40. The maximum atomic E-state index is 12.2. The zero-order valence-corrected chi connectivity index (χ0v) is 11.0. The van der Waals surface area contributed by atoms with Crippen molar-refractivity contribution in [2.45, 2.75) is 56.7 Å². The van der Waals surface area contributed by atoms with Gasteiger partial charge in [-0.1, -0.05) is 6.42 Å². The van der Waals surface area contributed by atoms with Crippen molar-refractivity contribution in [3.63, 3.8) is 0 Å². The fraction of sp³-hybridized carbons (Fsp3) is 0.923. The van der Waals surface area contributed by atoms with Gasteiger partial charge in [0.05, 0.1) is 6.04 Å². The summed E-state index contributed by atoms with van der Waals surface area (Å²) in [5, 5.41) is 6.52. The van der Waals surface area contributed by atoms with E-state index >= 15 is 0 Å². The number of hydrogen-bond donors (Lipinski definition) is 2. The molecule has 1 aliphatic heterocycles. The van der Waals surface area contributed by atoms with Crippen molar-refractivity contribution in [3.05, 3.63) is 0 Å². The lowest BCUT2D eigenvalue weighted by molar-refractivity contribution is -0.127. The molecule has 0 bridgehead atoms. The third-order valence-electron chi connectivity index (χ3n) is 4.26. The van der Waals surface area contributed by atoms with Crippen molar-refractivity contribution in [2.75, 3.05) is 20.6 Å². The summed E-state index contributed by atoms with van der Waals surface area (Å²) in [7, 11) is 4.07. The molecule has 1 amide bonds. The SMILES string of the molecule is CNC1CCC(NC(=O)C2CCCCN2C)C1. The Morgan fingerprint density at radius 2 is 1.94 bits per heavy atom. The van der Waals surface area contributed by atoms with Crippen molar-refractivity contribution in [1.29, 1.82) is 0 Å². The summed E-state index contributed by atoms with van der Waals surface area (Å²) >= 11 is 0. The Balaban J connectivity index is 1.80. The molecule has 1 aliphatic carbocycles. The summed E-state index contributed by atoms with van der Waals surface area (Å²) in [6.07, 6.45) is 6.82. The summed E-state index contributed by atoms with van der Waals surface area (Å²) < 4.78 is 0. The average molecular weight is 239 g/mol. The van der Waals surface area contributed by atoms with Crippen LogP contribution < -0.4 is 10.6 Å². The first kappa shape index (κ1) is 12.8. The molecule has 1 saturated heterocycles. The Morgan fingerprint density at radius 3 is 2.59 bits per heavy atom. The van der Waals surface area contributed by atoms with Gasteiger partial charge in [0, 0.05) is 12.1 Å². The lowest BCUT2D eigenvalue weighted by atomic mass is 10.0. The van der Waals surface area contributed by atoms with Crippen LogP contribution in [0.15, 0.2) is 0 Å². The fourth-order valence-electron chi connectivity index (χ4n) is 3.08. The van der Waals surface area contributed by atoms with Crippen LogP contribution in [0.2, 0.25) is 0 Å². The monoisotopic (exact) mass is 239 g/mol. The lowest BCUT2D eigenvalue weighted by Gasteiger charge is -2.32. The van der Waals surface area contributed by atoms with Gasteiger partial charge in [0.15, 0.2) is 0 Å². The molecule has 3 unspecified atom stereocenters. The number of rotatable bonds is 3. The second kappa shape index (κ2) is 5.83. The Hall–Kier alpha value is -0.610. The van der Waals surface area contributed by atoms with E-state index in [1.54, 1.807) is 0 Å². The van der Waals surface area contributed by atoms with Crippen LogP contribution in [-0.4, -0.2) is 49.6 Å². The standard InChI is InChI=1S/C13H25N3O/c1-14-10-6-7-11(9-10)15-13(17)12-5-3-4-8-16(12)2/h10-12,14H,3-9H2,1-2H3,(H,15,17). The van der Waals surface area contributed by atoms with E-state index in [-0.39, 0.29) is 11.9 Å². The fourth-order valence-corrected chi connectivity index (χ4v) is 3.08. The number of likely N-dealkylation sites (tertiary alicyclic amines) is 1. The number of likely N-dealkylation sites (N-methyl/N-ethyl adjacent to an activating group) is 1. The Morgan fingerprint density at radius 1 is 1.18 bits per heavy atom. The molecule has 0 aromatic heterocycles. The zero-order chi connectivity index (χ0) is 12.3. The van der Waals surface area contributed by atoms with Gasteiger partial charge in [-0.15, -0.1) is 0 Å². The number of hydrogen-bond acceptors (Lipinski definition) is 3. The minimum atomic E-state index is 0.109. The Bertz CT molecular complexity index is 269. The van der Waals surface area contributed by atoms with Crippen LogP contribution >= 0.6 is 0 Å². The molecule has 1 heterocycles. The van der Waals surface area contributed by atoms with Crippen molar-refractivity contribution >= 4 is 5.91 Å². The summed E-state index contributed by atoms with van der Waals surface area (Å²) in [5.74, 6) is 0.244. The summed E-state index contributed by atoms with van der Waals surface area (Å²) in [4.78, 5) is 14.4. The number of nitrogens with zero attached hydrogens (tertiary/aromatic N) is 1. The minimum Gasteiger partial charge on any atom is -0.352 e. The number of nitrogens with one attached hydrogen (secondary N) is 2. The van der Waals surface area contributed by atoms with Gasteiger partial charge in [0.2, 0.25) is 5.91 Å². The molecule has 0 radical (unpaired) electrons. The van der Waals surface area contributed by atoms with E-state index in [1.807, 2.05) is 7.05 Å². The van der Waals surface area contributed by atoms with E-state index in [1.165, 1.54) is 19.3 Å². The van der Waals surface area contributed by atoms with E-state index in [2.05, 4.69) is 22.6 Å². The van der Waals surface area contributed by atoms with Gasteiger partial charge in [0.1, 0.15) is 0 Å². The van der Waals surface area contributed by atoms with Crippen molar-refractivity contribution < 1.29 is 4.79 Å². The van der Waals surface area contributed by atoms with Crippen LogP contribution in [0, 0.1) is 0 Å². The van der Waals surface area contributed by atoms with Crippen LogP contribution in [0.5, 0.6) is 0 Å². The molecule has 0 spiro atoms. The first-order valence-corrected chi connectivity index (χ1v) is 6.88. The zero-order valence-electron chi connectivity index (χ0n) is 11.0. The molecule has 98 valence electrons. The molecule has 0 aromatic carbocycles. The molecule has 2 N–H and O–H groups in total. The molecule has 3 atom stereocenters. The third-order valence-corrected chi connectivity index (χ3v) is 4.26. The highest BCUT2D eigenvalue weighted by Crippen LogP contribution is 2.20. The van der Waals surface area contributed by atoms with E-state index in [4.69, 9.17) is 0 Å². The molecule has 0 aromatic rings.